The predicted octanol–water partition coefficient (Wildman–Crippen LogP) is 6.92. The molecule has 0 spiro atoms. The second-order valence-electron chi connectivity index (χ2n) is 12.6. The molecule has 0 radical (unpaired) electrons. The summed E-state index contributed by atoms with van der Waals surface area (Å²) in [4.78, 5) is 15.3. The maximum absolute atomic E-state index is 15.9. The number of likely N-dealkylation sites (N-methyl/N-ethyl adjacent to an activating group) is 1. The van der Waals surface area contributed by atoms with Gasteiger partial charge in [0.1, 0.15) is 36.3 Å². The molecule has 0 amide bonds. The van der Waals surface area contributed by atoms with Gasteiger partial charge in [-0.2, -0.15) is 0 Å². The summed E-state index contributed by atoms with van der Waals surface area (Å²) in [7, 11) is 1.97. The van der Waals surface area contributed by atoms with E-state index in [9.17, 15) is 4.79 Å². The number of unbranched alkanes of at least 4 members (excludes halogenated alkanes) is 2. The lowest BCUT2D eigenvalue weighted by Crippen LogP contribution is -2.47. The number of hydrogen-bond acceptors (Lipinski definition) is 6. The number of carbonyl (C=O) groups excluding carboxylic acids is 1. The minimum Gasteiger partial charge on any atom is -0.492 e. The van der Waals surface area contributed by atoms with E-state index in [-0.39, 0.29) is 43.1 Å². The van der Waals surface area contributed by atoms with Gasteiger partial charge in [0, 0.05) is 43.4 Å². The molecule has 0 fully saturated rings. The summed E-state index contributed by atoms with van der Waals surface area (Å²) in [6.07, 6.45) is 4.05. The zero-order chi connectivity index (χ0) is 31.9. The molecule has 44 heavy (non-hydrogen) atoms. The number of alkyl halides is 1. The van der Waals surface area contributed by atoms with Crippen LogP contribution >= 0.6 is 0 Å². The Morgan fingerprint density at radius 3 is 2.50 bits per heavy atom. The van der Waals surface area contributed by atoms with Crippen molar-refractivity contribution in [3.63, 3.8) is 0 Å². The quantitative estimate of drug-likeness (QED) is 0.151. The summed E-state index contributed by atoms with van der Waals surface area (Å²) in [5, 5.41) is 0. The van der Waals surface area contributed by atoms with Gasteiger partial charge in [-0.3, -0.25) is 4.90 Å². The summed E-state index contributed by atoms with van der Waals surface area (Å²) in [5.41, 5.74) is 2.77. The number of halogens is 3. The summed E-state index contributed by atoms with van der Waals surface area (Å²) < 4.78 is 62.7. The van der Waals surface area contributed by atoms with E-state index in [0.29, 0.717) is 32.6 Å². The van der Waals surface area contributed by atoms with E-state index in [0.717, 1.165) is 48.1 Å². The molecular formula is C35H47F3N2O4. The number of esters is 1. The lowest BCUT2D eigenvalue weighted by molar-refractivity contribution is -0.148. The molecule has 6 nitrogen and oxygen atoms in total. The van der Waals surface area contributed by atoms with Crippen molar-refractivity contribution in [1.82, 2.24) is 9.80 Å². The topological polar surface area (TPSA) is 51.2 Å². The first-order valence-electron chi connectivity index (χ1n) is 15.8. The standard InChI is InChI=1S/C35H47F3N2O4/c1-6-43-32(41)22-42-16-11-7-10-14-39(5)15-17-44-26-20-30(36)33(31(37)21-26)34-29-19-25-12-8-9-13-27(25)28(29)18-24(2)40(34)23-35(3,4)38/h8-9,12-13,20-21,24,34H,6-7,10-11,14-19,22-23H2,1-5H3/t24-,34+/m1/s1. The Bertz CT molecular complexity index is 1290. The number of ether oxygens (including phenoxy) is 3. The maximum Gasteiger partial charge on any atom is 0.332 e. The summed E-state index contributed by atoms with van der Waals surface area (Å²) >= 11 is 0. The Labute approximate surface area is 260 Å². The fraction of sp³-hybridized carbons (Fsp3) is 0.571. The molecule has 0 unspecified atom stereocenters. The molecule has 0 saturated carbocycles. The van der Waals surface area contributed by atoms with Gasteiger partial charge in [0.25, 0.3) is 0 Å². The number of benzene rings is 2. The first-order valence-corrected chi connectivity index (χ1v) is 15.8. The largest absolute Gasteiger partial charge is 0.492 e. The lowest BCUT2D eigenvalue weighted by atomic mass is 9.84. The van der Waals surface area contributed by atoms with E-state index in [1.54, 1.807) is 6.92 Å². The van der Waals surface area contributed by atoms with Crippen LogP contribution in [-0.2, 0) is 20.7 Å². The molecule has 1 aliphatic carbocycles. The first-order chi connectivity index (χ1) is 21.0. The highest BCUT2D eigenvalue weighted by atomic mass is 19.1. The van der Waals surface area contributed by atoms with Gasteiger partial charge in [-0.05, 0) is 95.7 Å². The van der Waals surface area contributed by atoms with E-state index in [1.165, 1.54) is 26.0 Å². The van der Waals surface area contributed by atoms with Gasteiger partial charge >= 0.3 is 5.97 Å². The van der Waals surface area contributed by atoms with Crippen LogP contribution in [0.15, 0.2) is 42.0 Å². The lowest BCUT2D eigenvalue weighted by Gasteiger charge is -2.44. The molecule has 242 valence electrons. The monoisotopic (exact) mass is 616 g/mol. The van der Waals surface area contributed by atoms with Crippen LogP contribution in [0.3, 0.4) is 0 Å². The highest BCUT2D eigenvalue weighted by Crippen LogP contribution is 2.50. The van der Waals surface area contributed by atoms with Gasteiger partial charge in [0.2, 0.25) is 0 Å². The van der Waals surface area contributed by atoms with Crippen molar-refractivity contribution < 1.29 is 32.2 Å². The zero-order valence-corrected chi connectivity index (χ0v) is 26.8. The smallest absolute Gasteiger partial charge is 0.332 e. The van der Waals surface area contributed by atoms with Crippen molar-refractivity contribution in [2.24, 2.45) is 0 Å². The molecular weight excluding hydrogens is 569 g/mol. The minimum atomic E-state index is -1.53. The molecule has 4 rings (SSSR count). The maximum atomic E-state index is 15.9. The Morgan fingerprint density at radius 1 is 1.07 bits per heavy atom. The molecule has 0 saturated heterocycles. The number of rotatable bonds is 16. The average Bonchev–Trinajstić information content (AvgIpc) is 3.31. The Balaban J connectivity index is 1.36. The number of carbonyl (C=O) groups is 1. The SMILES string of the molecule is CCOC(=O)COCCCCCN(C)CCOc1cc(F)c([C@@H]2C3=C(C[C@@H](C)N2CC(C)(C)F)c2ccccc2C3)c(F)c1. The third kappa shape index (κ3) is 8.86. The van der Waals surface area contributed by atoms with E-state index in [4.69, 9.17) is 14.2 Å². The fourth-order valence-electron chi connectivity index (χ4n) is 6.30. The van der Waals surface area contributed by atoms with Crippen molar-refractivity contribution in [3.8, 4) is 5.75 Å². The Morgan fingerprint density at radius 2 is 1.80 bits per heavy atom. The number of nitrogens with zero attached hydrogens (tertiary/aromatic N) is 2. The molecule has 1 heterocycles. The van der Waals surface area contributed by atoms with Crippen molar-refractivity contribution in [2.45, 2.75) is 77.6 Å². The van der Waals surface area contributed by atoms with E-state index in [2.05, 4.69) is 17.0 Å². The molecule has 1 aliphatic heterocycles. The van der Waals surface area contributed by atoms with Gasteiger partial charge in [-0.1, -0.05) is 24.3 Å². The predicted molar refractivity (Wildman–Crippen MR) is 166 cm³/mol. The molecule has 2 atom stereocenters. The van der Waals surface area contributed by atoms with Crippen LogP contribution in [0.25, 0.3) is 5.57 Å². The second-order valence-corrected chi connectivity index (χ2v) is 12.6. The van der Waals surface area contributed by atoms with Crippen LogP contribution in [0.5, 0.6) is 5.75 Å². The van der Waals surface area contributed by atoms with Gasteiger partial charge in [-0.25, -0.2) is 18.0 Å². The van der Waals surface area contributed by atoms with Crippen molar-refractivity contribution in [1.29, 1.82) is 0 Å². The highest BCUT2D eigenvalue weighted by Gasteiger charge is 2.43. The number of hydrogen-bond donors (Lipinski definition) is 0. The van der Waals surface area contributed by atoms with Crippen LogP contribution in [-0.4, -0.2) is 80.6 Å². The molecule has 2 aliphatic rings. The van der Waals surface area contributed by atoms with Crippen molar-refractivity contribution in [2.75, 3.05) is 53.1 Å². The van der Waals surface area contributed by atoms with Gasteiger partial charge in [-0.15, -0.1) is 0 Å². The van der Waals surface area contributed by atoms with Crippen LogP contribution in [0.1, 0.15) is 76.1 Å². The van der Waals surface area contributed by atoms with Crippen LogP contribution in [0, 0.1) is 11.6 Å². The van der Waals surface area contributed by atoms with E-state index in [1.807, 2.05) is 31.0 Å². The zero-order valence-electron chi connectivity index (χ0n) is 26.8. The van der Waals surface area contributed by atoms with E-state index < -0.39 is 23.3 Å². The average molecular weight is 617 g/mol. The Hall–Kier alpha value is -2.88. The van der Waals surface area contributed by atoms with E-state index >= 15 is 13.2 Å². The van der Waals surface area contributed by atoms with Gasteiger partial charge in [0.05, 0.1) is 12.6 Å². The summed E-state index contributed by atoms with van der Waals surface area (Å²) in [6, 6.07) is 9.82. The third-order valence-corrected chi connectivity index (χ3v) is 8.32. The first kappa shape index (κ1) is 34.0. The fourth-order valence-corrected chi connectivity index (χ4v) is 6.30. The number of fused-ring (bicyclic) bond motifs is 2. The molecule has 0 aromatic heterocycles. The summed E-state index contributed by atoms with van der Waals surface area (Å²) in [5.74, 6) is -1.57. The molecule has 9 heteroatoms. The van der Waals surface area contributed by atoms with Gasteiger partial charge in [0.15, 0.2) is 0 Å². The molecule has 2 aromatic carbocycles. The summed E-state index contributed by atoms with van der Waals surface area (Å²) in [6.45, 7) is 9.40. The van der Waals surface area contributed by atoms with Gasteiger partial charge < -0.3 is 19.1 Å². The molecule has 2 aromatic rings. The third-order valence-electron chi connectivity index (χ3n) is 8.32. The normalized spacial score (nSPS) is 18.5. The molecule has 0 N–H and O–H groups in total. The second kappa shape index (κ2) is 15.4. The van der Waals surface area contributed by atoms with Crippen molar-refractivity contribution in [3.05, 3.63) is 70.3 Å². The minimum absolute atomic E-state index is 0.0196. The Kier molecular flexibility index (Phi) is 11.9. The highest BCUT2D eigenvalue weighted by molar-refractivity contribution is 5.79. The molecule has 0 bridgehead atoms. The van der Waals surface area contributed by atoms with Crippen molar-refractivity contribution >= 4 is 11.5 Å². The van der Waals surface area contributed by atoms with Crippen LogP contribution in [0.2, 0.25) is 0 Å². The van der Waals surface area contributed by atoms with Crippen LogP contribution < -0.4 is 4.74 Å². The van der Waals surface area contributed by atoms with Crippen LogP contribution in [0.4, 0.5) is 13.2 Å².